The molecule has 0 aromatic carbocycles. The van der Waals surface area contributed by atoms with Crippen LogP contribution in [0, 0.1) is 0 Å². The van der Waals surface area contributed by atoms with Crippen LogP contribution in [0.25, 0.3) is 0 Å². The van der Waals surface area contributed by atoms with Gasteiger partial charge in [-0.2, -0.15) is 4.98 Å². The molecule has 1 N–H and O–H groups in total. The summed E-state index contributed by atoms with van der Waals surface area (Å²) in [5, 5.41) is 2.34. The van der Waals surface area contributed by atoms with Gasteiger partial charge in [-0.1, -0.05) is 43.4 Å². The lowest BCUT2D eigenvalue weighted by Crippen LogP contribution is -2.51. The Bertz CT molecular complexity index is 1110. The lowest BCUT2D eigenvalue weighted by molar-refractivity contribution is -0.320. The Balaban J connectivity index is 2.45. The van der Waals surface area contributed by atoms with Crippen molar-refractivity contribution in [2.24, 2.45) is 0 Å². The first kappa shape index (κ1) is 36.2. The summed E-state index contributed by atoms with van der Waals surface area (Å²) in [6, 6.07) is 1.48. The van der Waals surface area contributed by atoms with E-state index in [9.17, 15) is 19.2 Å². The van der Waals surface area contributed by atoms with E-state index in [0.717, 1.165) is 0 Å². The fraction of sp³-hybridized carbons (Fsp3) is 0.731. The van der Waals surface area contributed by atoms with Crippen LogP contribution in [0.5, 0.6) is 0 Å². The summed E-state index contributed by atoms with van der Waals surface area (Å²) < 4.78 is 42.6. The quantitative estimate of drug-likeness (QED) is 0.0704. The fourth-order valence-electron chi connectivity index (χ4n) is 3.63. The Hall–Kier alpha value is -1.96. The van der Waals surface area contributed by atoms with Gasteiger partial charge in [0.2, 0.25) is 5.91 Å². The maximum Gasteiger partial charge on any atom is 0.351 e. The van der Waals surface area contributed by atoms with Gasteiger partial charge in [-0.05, 0) is 24.2 Å². The van der Waals surface area contributed by atoms with Gasteiger partial charge in [0.05, 0.1) is 19.3 Å². The van der Waals surface area contributed by atoms with Crippen LogP contribution in [0.3, 0.4) is 0 Å². The molecular weight excluding hydrogens is 685 g/mol. The number of carbonyl (C=O) groups excluding carboxylic acids is 3. The molecule has 1 aliphatic rings. The zero-order valence-corrected chi connectivity index (χ0v) is 28.5. The number of nitrogens with one attached hydrogen (secondary N) is 1. The number of carbonyl (C=O) groups is 3. The predicted molar refractivity (Wildman–Crippen MR) is 161 cm³/mol. The number of hydrogen-bond acceptors (Lipinski definition) is 12. The molecule has 0 spiro atoms. The first-order chi connectivity index (χ1) is 19.6. The number of alkyl halides is 1. The highest BCUT2D eigenvalue weighted by Crippen LogP contribution is 2.42. The molecule has 42 heavy (non-hydrogen) atoms. The highest BCUT2D eigenvalue weighted by molar-refractivity contribution is 14.1. The smallest absolute Gasteiger partial charge is 0.351 e. The summed E-state index contributed by atoms with van der Waals surface area (Å²) >= 11 is 2.19. The molecule has 16 heteroatoms. The molecule has 0 aliphatic carbocycles. The zero-order chi connectivity index (χ0) is 31.7. The molecule has 1 amide bonds. The number of ether oxygens (including phenoxy) is 6. The molecule has 0 radical (unpaired) electrons. The van der Waals surface area contributed by atoms with Crippen molar-refractivity contribution >= 4 is 54.6 Å². The second-order valence-electron chi connectivity index (χ2n) is 11.1. The summed E-state index contributed by atoms with van der Waals surface area (Å²) in [4.78, 5) is 50.9. The SMILES string of the molecule is CC(=O)Nc1ccn([C@@H]2O[C@H](CI)C(O[Si](C)(C)C(C)(C)C)C2OC(OCCOC(C)=O)OCCOC(C)=O)c(=O)n1. The van der Waals surface area contributed by atoms with Crippen LogP contribution in [0.2, 0.25) is 18.1 Å². The minimum absolute atomic E-state index is 0.0542. The Kier molecular flexibility index (Phi) is 14.0. The lowest BCUT2D eigenvalue weighted by Gasteiger charge is -2.40. The van der Waals surface area contributed by atoms with E-state index in [1.807, 2.05) is 0 Å². The van der Waals surface area contributed by atoms with Crippen molar-refractivity contribution in [2.75, 3.05) is 36.2 Å². The predicted octanol–water partition coefficient (Wildman–Crippen LogP) is 2.75. The fourth-order valence-corrected chi connectivity index (χ4v) is 5.66. The first-order valence-electron chi connectivity index (χ1n) is 13.5. The third-order valence-corrected chi connectivity index (χ3v) is 12.0. The minimum atomic E-state index is -2.39. The average molecular weight is 728 g/mol. The van der Waals surface area contributed by atoms with Gasteiger partial charge >= 0.3 is 17.6 Å². The Morgan fingerprint density at radius 2 is 1.62 bits per heavy atom. The normalized spacial score (nSPS) is 20.9. The van der Waals surface area contributed by atoms with Gasteiger partial charge < -0.3 is 38.2 Å². The Labute approximate surface area is 260 Å². The van der Waals surface area contributed by atoms with Crippen LogP contribution < -0.4 is 11.0 Å². The van der Waals surface area contributed by atoms with Gasteiger partial charge in [0.25, 0.3) is 6.48 Å². The number of esters is 2. The summed E-state index contributed by atoms with van der Waals surface area (Å²) in [6.45, 7) is 12.8. The van der Waals surface area contributed by atoms with E-state index in [-0.39, 0.29) is 43.2 Å². The van der Waals surface area contributed by atoms with Crippen LogP contribution in [0.1, 0.15) is 47.8 Å². The molecule has 1 aromatic heterocycles. The van der Waals surface area contributed by atoms with Gasteiger partial charge in [-0.15, -0.1) is 0 Å². The second-order valence-corrected chi connectivity index (χ2v) is 16.7. The maximum atomic E-state index is 13.1. The Morgan fingerprint density at radius 1 is 1.05 bits per heavy atom. The van der Waals surface area contributed by atoms with Crippen LogP contribution >= 0.6 is 22.6 Å². The Morgan fingerprint density at radius 3 is 2.07 bits per heavy atom. The number of amides is 1. The van der Waals surface area contributed by atoms with E-state index in [4.69, 9.17) is 32.8 Å². The van der Waals surface area contributed by atoms with Gasteiger partial charge in [0.15, 0.2) is 14.5 Å². The standard InChI is InChI=1S/C26H42IN3O11Si/c1-16(31)28-20-9-10-30(24(34)29-20)23-22(21(19(15-27)39-23)41-42(7,8)26(4,5)6)40-25(37-13-11-35-17(2)32)38-14-12-36-18(3)33/h9-10,19,21-23,25H,11-15H2,1-8H3,(H,28,29,31,34)/t19-,21?,22?,23-/m1/s1. The van der Waals surface area contributed by atoms with E-state index in [2.05, 4.69) is 66.8 Å². The molecule has 1 aromatic rings. The molecule has 4 atom stereocenters. The van der Waals surface area contributed by atoms with Crippen LogP contribution in [-0.2, 0) is 47.2 Å². The number of nitrogens with zero attached hydrogens (tertiary/aromatic N) is 2. The van der Waals surface area contributed by atoms with Crippen LogP contribution in [-0.4, -0.2) is 91.4 Å². The van der Waals surface area contributed by atoms with E-state index in [1.54, 1.807) is 0 Å². The zero-order valence-electron chi connectivity index (χ0n) is 25.3. The molecule has 238 valence electrons. The molecule has 1 aliphatic heterocycles. The monoisotopic (exact) mass is 727 g/mol. The number of anilines is 1. The highest BCUT2D eigenvalue weighted by Gasteiger charge is 2.52. The van der Waals surface area contributed by atoms with E-state index in [0.29, 0.717) is 4.43 Å². The molecule has 1 fully saturated rings. The maximum absolute atomic E-state index is 13.1. The third kappa shape index (κ3) is 10.9. The number of hydrogen-bond donors (Lipinski definition) is 1. The number of aromatic nitrogens is 2. The molecule has 0 saturated carbocycles. The van der Waals surface area contributed by atoms with E-state index in [1.165, 1.54) is 37.6 Å². The van der Waals surface area contributed by atoms with Gasteiger partial charge in [-0.25, -0.2) is 4.79 Å². The van der Waals surface area contributed by atoms with Crippen LogP contribution in [0.15, 0.2) is 17.1 Å². The molecule has 2 unspecified atom stereocenters. The van der Waals surface area contributed by atoms with E-state index >= 15 is 0 Å². The number of rotatable bonds is 15. The van der Waals surface area contributed by atoms with Crippen molar-refractivity contribution in [3.8, 4) is 0 Å². The van der Waals surface area contributed by atoms with Crippen molar-refractivity contribution in [1.29, 1.82) is 0 Å². The summed E-state index contributed by atoms with van der Waals surface area (Å²) in [6.07, 6.45) is -1.57. The molecule has 14 nitrogen and oxygen atoms in total. The largest absolute Gasteiger partial charge is 0.463 e. The molecule has 0 bridgehead atoms. The summed E-state index contributed by atoms with van der Waals surface area (Å²) in [5.41, 5.74) is -0.678. The molecule has 2 heterocycles. The number of halogens is 1. The topological polar surface area (TPSA) is 163 Å². The molecule has 1 saturated heterocycles. The van der Waals surface area contributed by atoms with Gasteiger partial charge in [0, 0.05) is 31.4 Å². The second kappa shape index (κ2) is 16.2. The lowest BCUT2D eigenvalue weighted by atomic mass is 10.1. The van der Waals surface area contributed by atoms with E-state index < -0.39 is 57.0 Å². The van der Waals surface area contributed by atoms with Gasteiger partial charge in [0.1, 0.15) is 31.2 Å². The molecule has 2 rings (SSSR count). The third-order valence-electron chi connectivity index (χ3n) is 6.64. The summed E-state index contributed by atoms with van der Waals surface area (Å²) in [7, 11) is -2.39. The highest BCUT2D eigenvalue weighted by atomic mass is 127. The van der Waals surface area contributed by atoms with Crippen molar-refractivity contribution in [2.45, 2.75) is 90.7 Å². The molecular formula is C26H42IN3O11Si. The summed E-state index contributed by atoms with van der Waals surface area (Å²) in [5.74, 6) is -1.22. The van der Waals surface area contributed by atoms with Crippen molar-refractivity contribution in [3.05, 3.63) is 22.7 Å². The minimum Gasteiger partial charge on any atom is -0.463 e. The van der Waals surface area contributed by atoms with Crippen molar-refractivity contribution < 1.29 is 47.2 Å². The van der Waals surface area contributed by atoms with Crippen LogP contribution in [0.4, 0.5) is 5.82 Å². The average Bonchev–Trinajstić information content (AvgIpc) is 3.18. The first-order valence-corrected chi connectivity index (χ1v) is 17.9. The van der Waals surface area contributed by atoms with Gasteiger partial charge in [-0.3, -0.25) is 19.0 Å². The van der Waals surface area contributed by atoms with Crippen molar-refractivity contribution in [1.82, 2.24) is 9.55 Å². The van der Waals surface area contributed by atoms with Crippen molar-refractivity contribution in [3.63, 3.8) is 0 Å².